The van der Waals surface area contributed by atoms with Gasteiger partial charge in [-0.2, -0.15) is 0 Å². The van der Waals surface area contributed by atoms with Gasteiger partial charge in [0.05, 0.1) is 0 Å². The van der Waals surface area contributed by atoms with E-state index < -0.39 is 0 Å². The van der Waals surface area contributed by atoms with Crippen LogP contribution in [-0.4, -0.2) is 0 Å². The van der Waals surface area contributed by atoms with Gasteiger partial charge in [0.2, 0.25) is 0 Å². The summed E-state index contributed by atoms with van der Waals surface area (Å²) in [5.41, 5.74) is 1.49. The molecule has 1 aromatic heterocycles. The van der Waals surface area contributed by atoms with Crippen LogP contribution in [0.1, 0.15) is 83.7 Å². The van der Waals surface area contributed by atoms with Crippen molar-refractivity contribution in [2.75, 3.05) is 0 Å². The van der Waals surface area contributed by atoms with Crippen molar-refractivity contribution < 1.29 is 28.5 Å². The van der Waals surface area contributed by atoms with Gasteiger partial charge in [-0.05, 0) is 13.3 Å². The Labute approximate surface area is 149 Å². The normalized spacial score (nSPS) is 10.4. The Hall–Kier alpha value is -0.120. The van der Waals surface area contributed by atoms with Gasteiger partial charge in [0.1, 0.15) is 6.54 Å². The molecule has 1 nitrogen and oxygen atoms in total. The van der Waals surface area contributed by atoms with Crippen LogP contribution in [-0.2, 0) is 13.0 Å². The molecule has 0 amide bonds. The van der Waals surface area contributed by atoms with Gasteiger partial charge in [-0.25, -0.2) is 4.57 Å². The van der Waals surface area contributed by atoms with Crippen LogP contribution in [0.3, 0.4) is 0 Å². The Morgan fingerprint density at radius 3 is 1.90 bits per heavy atom. The smallest absolute Gasteiger partial charge is 0.181 e. The largest absolute Gasteiger partial charge is 1.00 e. The molecule has 0 aliphatic rings. The average Bonchev–Trinajstić information content (AvgIpc) is 2.49. The van der Waals surface area contributed by atoms with Crippen molar-refractivity contribution in [3.63, 3.8) is 0 Å². The first-order valence-corrected chi connectivity index (χ1v) is 8.85. The van der Waals surface area contributed by atoms with Crippen molar-refractivity contribution in [1.82, 2.24) is 0 Å². The molecule has 0 spiro atoms. The molecular weight excluding hydrogens is 369 g/mol. The highest BCUT2D eigenvalue weighted by molar-refractivity contribution is 4.97. The summed E-state index contributed by atoms with van der Waals surface area (Å²) in [5, 5.41) is 0. The maximum atomic E-state index is 2.37. The highest BCUT2D eigenvalue weighted by Gasteiger charge is 2.05. The van der Waals surface area contributed by atoms with Crippen LogP contribution >= 0.6 is 0 Å². The highest BCUT2D eigenvalue weighted by atomic mass is 127. The van der Waals surface area contributed by atoms with Crippen LogP contribution in [0.2, 0.25) is 0 Å². The molecule has 0 saturated carbocycles. The van der Waals surface area contributed by atoms with E-state index in [-0.39, 0.29) is 24.0 Å². The van der Waals surface area contributed by atoms with E-state index in [1.807, 2.05) is 0 Å². The molecule has 0 N–H and O–H groups in total. The lowest BCUT2D eigenvalue weighted by Gasteiger charge is -2.03. The lowest BCUT2D eigenvalue weighted by Crippen LogP contribution is -3.00. The number of halogens is 1. The Morgan fingerprint density at radius 2 is 1.33 bits per heavy atom. The molecule has 0 aliphatic heterocycles. The Morgan fingerprint density at radius 1 is 0.762 bits per heavy atom. The summed E-state index contributed by atoms with van der Waals surface area (Å²) >= 11 is 0. The van der Waals surface area contributed by atoms with E-state index in [1.54, 1.807) is 0 Å². The molecule has 0 unspecified atom stereocenters. The van der Waals surface area contributed by atoms with E-state index in [9.17, 15) is 0 Å². The summed E-state index contributed by atoms with van der Waals surface area (Å²) in [6.07, 6.45) is 17.6. The molecule has 21 heavy (non-hydrogen) atoms. The second-order valence-electron chi connectivity index (χ2n) is 5.91. The number of rotatable bonds is 12. The quantitative estimate of drug-likeness (QED) is 0.287. The molecule has 0 atom stereocenters. The zero-order valence-electron chi connectivity index (χ0n) is 14.1. The molecule has 122 valence electrons. The van der Waals surface area contributed by atoms with Crippen LogP contribution in [0.5, 0.6) is 0 Å². The van der Waals surface area contributed by atoms with E-state index in [0.29, 0.717) is 0 Å². The van der Waals surface area contributed by atoms with Gasteiger partial charge in [0, 0.05) is 18.6 Å². The topological polar surface area (TPSA) is 3.88 Å². The molecule has 0 radical (unpaired) electrons. The lowest BCUT2D eigenvalue weighted by molar-refractivity contribution is -0.700. The second kappa shape index (κ2) is 14.8. The summed E-state index contributed by atoms with van der Waals surface area (Å²) < 4.78 is 2.37. The van der Waals surface area contributed by atoms with Crippen LogP contribution in [0.25, 0.3) is 0 Å². The molecule has 1 heterocycles. The van der Waals surface area contributed by atoms with Crippen LogP contribution < -0.4 is 28.5 Å². The van der Waals surface area contributed by atoms with Gasteiger partial charge in [-0.1, -0.05) is 70.8 Å². The average molecular weight is 403 g/mol. The first-order chi connectivity index (χ1) is 9.88. The molecule has 0 aliphatic carbocycles. The van der Waals surface area contributed by atoms with Gasteiger partial charge in [-0.3, -0.25) is 0 Å². The molecule has 1 aromatic rings. The number of hydrogen-bond acceptors (Lipinski definition) is 0. The Bertz CT molecular complexity index is 338. The van der Waals surface area contributed by atoms with Crippen LogP contribution in [0, 0.1) is 0 Å². The number of aryl methyl sites for hydroxylation is 2. The van der Waals surface area contributed by atoms with Gasteiger partial charge < -0.3 is 24.0 Å². The standard InChI is InChI=1S/C19H34N.HI/c1-3-5-6-7-8-9-10-11-12-13-16-19-17-14-15-18-20(19)4-2;/h14-15,17-18H,3-13,16H2,1-2H3;1H/q+1;/p-1. The summed E-state index contributed by atoms with van der Waals surface area (Å²) in [5.74, 6) is 0. The number of hydrogen-bond donors (Lipinski definition) is 0. The minimum Gasteiger partial charge on any atom is -1.00 e. The fourth-order valence-electron chi connectivity index (χ4n) is 2.84. The minimum absolute atomic E-state index is 0. The predicted molar refractivity (Wildman–Crippen MR) is 87.9 cm³/mol. The summed E-state index contributed by atoms with van der Waals surface area (Å²) in [7, 11) is 0. The van der Waals surface area contributed by atoms with E-state index in [0.717, 1.165) is 6.54 Å². The maximum absolute atomic E-state index is 2.37. The zero-order chi connectivity index (χ0) is 14.5. The number of unbranched alkanes of at least 4 members (excludes halogenated alkanes) is 9. The van der Waals surface area contributed by atoms with Gasteiger partial charge in [0.25, 0.3) is 0 Å². The first kappa shape index (κ1) is 20.9. The maximum Gasteiger partial charge on any atom is 0.181 e. The third-order valence-electron chi connectivity index (χ3n) is 4.16. The summed E-state index contributed by atoms with van der Waals surface area (Å²) in [6, 6.07) is 6.57. The fourth-order valence-corrected chi connectivity index (χ4v) is 2.84. The SMILES string of the molecule is CCCCCCCCCCCCc1cccc[n+]1CC.[I-]. The van der Waals surface area contributed by atoms with Gasteiger partial charge in [0.15, 0.2) is 11.9 Å². The Balaban J connectivity index is 0.00000400. The van der Waals surface area contributed by atoms with Crippen molar-refractivity contribution in [3.8, 4) is 0 Å². The predicted octanol–water partition coefficient (Wildman–Crippen LogP) is 2.46. The molecule has 2 heteroatoms. The Kier molecular flexibility index (Phi) is 14.7. The molecule has 0 aromatic carbocycles. The number of nitrogens with zero attached hydrogens (tertiary/aromatic N) is 1. The van der Waals surface area contributed by atoms with E-state index >= 15 is 0 Å². The molecule has 0 fully saturated rings. The second-order valence-corrected chi connectivity index (χ2v) is 5.91. The van der Waals surface area contributed by atoms with Gasteiger partial charge >= 0.3 is 0 Å². The van der Waals surface area contributed by atoms with Crippen molar-refractivity contribution in [2.24, 2.45) is 0 Å². The van der Waals surface area contributed by atoms with E-state index in [4.69, 9.17) is 0 Å². The minimum atomic E-state index is 0. The highest BCUT2D eigenvalue weighted by Crippen LogP contribution is 2.11. The zero-order valence-corrected chi connectivity index (χ0v) is 16.3. The van der Waals surface area contributed by atoms with Crippen LogP contribution in [0.15, 0.2) is 24.4 Å². The lowest BCUT2D eigenvalue weighted by atomic mass is 10.1. The van der Waals surface area contributed by atoms with Crippen molar-refractivity contribution in [3.05, 3.63) is 30.1 Å². The fraction of sp³-hybridized carbons (Fsp3) is 0.737. The van der Waals surface area contributed by atoms with Gasteiger partial charge in [-0.15, -0.1) is 0 Å². The van der Waals surface area contributed by atoms with Crippen molar-refractivity contribution in [2.45, 2.75) is 91.0 Å². The van der Waals surface area contributed by atoms with Crippen molar-refractivity contribution in [1.29, 1.82) is 0 Å². The third-order valence-corrected chi connectivity index (χ3v) is 4.16. The van der Waals surface area contributed by atoms with E-state index in [1.165, 1.54) is 76.3 Å². The monoisotopic (exact) mass is 403 g/mol. The molecular formula is C19H34IN. The summed E-state index contributed by atoms with van der Waals surface area (Å²) in [4.78, 5) is 0. The molecule has 0 saturated heterocycles. The van der Waals surface area contributed by atoms with Crippen LogP contribution in [0.4, 0.5) is 0 Å². The molecule has 0 bridgehead atoms. The number of pyridine rings is 1. The third kappa shape index (κ3) is 10.3. The van der Waals surface area contributed by atoms with Crippen molar-refractivity contribution >= 4 is 0 Å². The first-order valence-electron chi connectivity index (χ1n) is 8.85. The molecule has 1 rings (SSSR count). The summed E-state index contributed by atoms with van der Waals surface area (Å²) in [6.45, 7) is 5.60. The number of aromatic nitrogens is 1. The van der Waals surface area contributed by atoms with E-state index in [2.05, 4.69) is 42.8 Å².